The average Bonchev–Trinajstić information content (AvgIpc) is 2.40. The van der Waals surface area contributed by atoms with E-state index in [2.05, 4.69) is 0 Å². The number of rotatable bonds is 4. The molecule has 0 amide bonds. The molecular weight excluding hydrogens is 263 g/mol. The summed E-state index contributed by atoms with van der Waals surface area (Å²) in [6.45, 7) is 0. The van der Waals surface area contributed by atoms with Crippen LogP contribution in [0.1, 0.15) is 5.56 Å². The van der Waals surface area contributed by atoms with Crippen LogP contribution in [0.4, 0.5) is 4.39 Å². The molecule has 3 N–H and O–H groups in total. The minimum atomic E-state index is -0.452. The van der Waals surface area contributed by atoms with E-state index in [-0.39, 0.29) is 11.6 Å². The fourth-order valence-corrected chi connectivity index (χ4v) is 2.31. The first-order valence-electron chi connectivity index (χ1n) is 5.57. The van der Waals surface area contributed by atoms with Gasteiger partial charge < -0.3 is 10.5 Å². The van der Waals surface area contributed by atoms with Crippen LogP contribution in [-0.2, 0) is 0 Å². The van der Waals surface area contributed by atoms with Crippen LogP contribution in [0, 0.1) is 11.2 Å². The average molecular weight is 276 g/mol. The Morgan fingerprint density at radius 2 is 1.84 bits per heavy atom. The molecule has 0 bridgehead atoms. The van der Waals surface area contributed by atoms with Gasteiger partial charge in [-0.05, 0) is 30.5 Å². The Hall–Kier alpha value is -2.01. The van der Waals surface area contributed by atoms with E-state index in [1.54, 1.807) is 24.3 Å². The Morgan fingerprint density at radius 3 is 2.47 bits per heavy atom. The first-order valence-corrected chi connectivity index (χ1v) is 6.79. The van der Waals surface area contributed by atoms with Gasteiger partial charge in [-0.2, -0.15) is 0 Å². The lowest BCUT2D eigenvalue weighted by atomic mass is 10.2. The van der Waals surface area contributed by atoms with E-state index in [1.165, 1.54) is 23.9 Å². The first kappa shape index (κ1) is 13.4. The highest BCUT2D eigenvalue weighted by molar-refractivity contribution is 7.98. The quantitative estimate of drug-likeness (QED) is 0.509. The highest BCUT2D eigenvalue weighted by atomic mass is 32.2. The molecule has 3 nitrogen and oxygen atoms in total. The third-order valence-corrected chi connectivity index (χ3v) is 3.31. The van der Waals surface area contributed by atoms with Crippen molar-refractivity contribution in [3.05, 3.63) is 53.8 Å². The zero-order valence-corrected chi connectivity index (χ0v) is 11.1. The molecule has 0 aromatic heterocycles. The number of nitrogens with two attached hydrogens (primary N) is 1. The molecule has 2 aromatic rings. The summed E-state index contributed by atoms with van der Waals surface area (Å²) in [5.74, 6) is -0.0597. The standard InChI is InChI=1S/C14H13FN2OS/c1-19-12-8-4-7-11(13(12)14(16)17)18-10-6-3-2-5-9(10)15/h2-8H,1H3,(H3,16,17). The lowest BCUT2D eigenvalue weighted by Crippen LogP contribution is -2.13. The maximum absolute atomic E-state index is 13.6. The van der Waals surface area contributed by atoms with Crippen molar-refractivity contribution in [1.29, 1.82) is 5.41 Å². The number of thioether (sulfide) groups is 1. The summed E-state index contributed by atoms with van der Waals surface area (Å²) in [6.07, 6.45) is 1.88. The van der Waals surface area contributed by atoms with Crippen LogP contribution in [0.3, 0.4) is 0 Å². The summed E-state index contributed by atoms with van der Waals surface area (Å²) in [6, 6.07) is 11.4. The molecule has 0 aliphatic rings. The Bertz CT molecular complexity index is 616. The SMILES string of the molecule is CSc1cccc(Oc2ccccc2F)c1C(=N)N. The summed E-state index contributed by atoms with van der Waals surface area (Å²) in [5, 5.41) is 7.63. The Kier molecular flexibility index (Phi) is 4.06. The van der Waals surface area contributed by atoms with Gasteiger partial charge >= 0.3 is 0 Å². The zero-order valence-electron chi connectivity index (χ0n) is 10.3. The number of halogens is 1. The fourth-order valence-electron chi connectivity index (χ4n) is 1.68. The van der Waals surface area contributed by atoms with Crippen molar-refractivity contribution >= 4 is 17.6 Å². The maximum atomic E-state index is 13.6. The van der Waals surface area contributed by atoms with Gasteiger partial charge in [0.25, 0.3) is 0 Å². The predicted molar refractivity (Wildman–Crippen MR) is 75.7 cm³/mol. The second kappa shape index (κ2) is 5.75. The van der Waals surface area contributed by atoms with Gasteiger partial charge in [-0.15, -0.1) is 11.8 Å². The lowest BCUT2D eigenvalue weighted by molar-refractivity contribution is 0.440. The highest BCUT2D eigenvalue weighted by Crippen LogP contribution is 2.32. The van der Waals surface area contributed by atoms with Crippen molar-refractivity contribution in [3.63, 3.8) is 0 Å². The topological polar surface area (TPSA) is 59.1 Å². The highest BCUT2D eigenvalue weighted by Gasteiger charge is 2.14. The van der Waals surface area contributed by atoms with Gasteiger partial charge in [-0.3, -0.25) is 5.41 Å². The largest absolute Gasteiger partial charge is 0.453 e. The monoisotopic (exact) mass is 276 g/mol. The van der Waals surface area contributed by atoms with Crippen LogP contribution in [-0.4, -0.2) is 12.1 Å². The summed E-state index contributed by atoms with van der Waals surface area (Å²) in [7, 11) is 0. The minimum absolute atomic E-state index is 0.101. The van der Waals surface area contributed by atoms with Crippen molar-refractivity contribution in [3.8, 4) is 11.5 Å². The van der Waals surface area contributed by atoms with Crippen molar-refractivity contribution in [2.45, 2.75) is 4.90 Å². The number of nitrogens with one attached hydrogen (secondary N) is 1. The number of benzene rings is 2. The van der Waals surface area contributed by atoms with Crippen molar-refractivity contribution in [2.75, 3.05) is 6.26 Å². The summed E-state index contributed by atoms with van der Waals surface area (Å²) < 4.78 is 19.1. The molecule has 98 valence electrons. The Labute approximate surface area is 115 Å². The van der Waals surface area contributed by atoms with Gasteiger partial charge in [0.05, 0.1) is 5.56 Å². The molecule has 0 spiro atoms. The van der Waals surface area contributed by atoms with Crippen LogP contribution in [0.15, 0.2) is 47.4 Å². The molecule has 0 atom stereocenters. The number of hydrogen-bond donors (Lipinski definition) is 2. The zero-order chi connectivity index (χ0) is 13.8. The van der Waals surface area contributed by atoms with E-state index in [0.717, 1.165) is 4.90 Å². The number of hydrogen-bond acceptors (Lipinski definition) is 3. The molecule has 0 heterocycles. The maximum Gasteiger partial charge on any atom is 0.165 e. The van der Waals surface area contributed by atoms with Crippen LogP contribution in [0.2, 0.25) is 0 Å². The van der Waals surface area contributed by atoms with Crippen molar-refractivity contribution in [2.24, 2.45) is 5.73 Å². The van der Waals surface area contributed by atoms with Gasteiger partial charge in [-0.1, -0.05) is 18.2 Å². The third-order valence-electron chi connectivity index (χ3n) is 2.53. The van der Waals surface area contributed by atoms with Gasteiger partial charge in [0.1, 0.15) is 11.6 Å². The molecule has 2 aromatic carbocycles. The van der Waals surface area contributed by atoms with E-state index in [1.807, 2.05) is 12.3 Å². The number of amidine groups is 1. The molecule has 2 rings (SSSR count). The number of ether oxygens (including phenoxy) is 1. The second-order valence-corrected chi connectivity index (χ2v) is 4.63. The molecule has 5 heteroatoms. The number of para-hydroxylation sites is 1. The van der Waals surface area contributed by atoms with Gasteiger partial charge in [0, 0.05) is 4.90 Å². The summed E-state index contributed by atoms with van der Waals surface area (Å²) in [4.78, 5) is 0.821. The lowest BCUT2D eigenvalue weighted by Gasteiger charge is -2.13. The van der Waals surface area contributed by atoms with Crippen molar-refractivity contribution in [1.82, 2.24) is 0 Å². The molecule has 0 fully saturated rings. The van der Waals surface area contributed by atoms with Crippen LogP contribution in [0.25, 0.3) is 0 Å². The first-order chi connectivity index (χ1) is 9.13. The molecular formula is C14H13FN2OS. The van der Waals surface area contributed by atoms with Crippen molar-refractivity contribution < 1.29 is 9.13 Å². The molecule has 0 unspecified atom stereocenters. The van der Waals surface area contributed by atoms with Crippen LogP contribution in [0.5, 0.6) is 11.5 Å². The Morgan fingerprint density at radius 1 is 1.16 bits per heavy atom. The van der Waals surface area contributed by atoms with Crippen LogP contribution < -0.4 is 10.5 Å². The molecule has 0 aliphatic heterocycles. The summed E-state index contributed by atoms with van der Waals surface area (Å²) in [5.41, 5.74) is 6.06. The normalized spacial score (nSPS) is 10.2. The second-order valence-electron chi connectivity index (χ2n) is 3.78. The molecule has 0 saturated heterocycles. The summed E-state index contributed by atoms with van der Waals surface area (Å²) >= 11 is 1.46. The predicted octanol–water partition coefficient (Wildman–Crippen LogP) is 3.62. The third kappa shape index (κ3) is 2.88. The van der Waals surface area contributed by atoms with Gasteiger partial charge in [0.15, 0.2) is 11.6 Å². The van der Waals surface area contributed by atoms with E-state index in [9.17, 15) is 4.39 Å². The molecule has 19 heavy (non-hydrogen) atoms. The van der Waals surface area contributed by atoms with Gasteiger partial charge in [0.2, 0.25) is 0 Å². The fraction of sp³-hybridized carbons (Fsp3) is 0.0714. The smallest absolute Gasteiger partial charge is 0.165 e. The van der Waals surface area contributed by atoms with E-state index >= 15 is 0 Å². The molecule has 0 aliphatic carbocycles. The molecule has 0 radical (unpaired) electrons. The van der Waals surface area contributed by atoms with Crippen LogP contribution >= 0.6 is 11.8 Å². The minimum Gasteiger partial charge on any atom is -0.453 e. The van der Waals surface area contributed by atoms with E-state index in [0.29, 0.717) is 11.3 Å². The van der Waals surface area contributed by atoms with E-state index in [4.69, 9.17) is 15.9 Å². The van der Waals surface area contributed by atoms with E-state index < -0.39 is 5.82 Å². The van der Waals surface area contributed by atoms with Gasteiger partial charge in [-0.25, -0.2) is 4.39 Å². The Balaban J connectivity index is 2.46. The molecule has 0 saturated carbocycles. The number of nitrogen functional groups attached to an aromatic ring is 1.